The summed E-state index contributed by atoms with van der Waals surface area (Å²) in [6, 6.07) is 10.8. The molecule has 2 fully saturated rings. The highest BCUT2D eigenvalue weighted by molar-refractivity contribution is 7.91. The third kappa shape index (κ3) is 5.81. The van der Waals surface area contributed by atoms with Gasteiger partial charge < -0.3 is 5.32 Å². The number of likely N-dealkylation sites (tertiary alicyclic amines) is 1. The van der Waals surface area contributed by atoms with E-state index in [0.717, 1.165) is 19.5 Å². The first kappa shape index (κ1) is 19.4. The lowest BCUT2D eigenvalue weighted by atomic mass is 10.0. The molecule has 2 heterocycles. The van der Waals surface area contributed by atoms with Crippen molar-refractivity contribution in [3.05, 3.63) is 35.9 Å². The summed E-state index contributed by atoms with van der Waals surface area (Å²) in [6.45, 7) is 2.87. The molecule has 0 saturated carbocycles. The van der Waals surface area contributed by atoms with Crippen molar-refractivity contribution in [2.75, 3.05) is 31.1 Å². The quantitative estimate of drug-likeness (QED) is 0.752. The molecular formula is C20H30N2O3S. The molecule has 5 nitrogen and oxygen atoms in total. The first-order chi connectivity index (χ1) is 12.5. The summed E-state index contributed by atoms with van der Waals surface area (Å²) < 4.78 is 23.0. The second-order valence-electron chi connectivity index (χ2n) is 7.70. The molecule has 3 rings (SSSR count). The molecular weight excluding hydrogens is 348 g/mol. The Morgan fingerprint density at radius 1 is 1.19 bits per heavy atom. The van der Waals surface area contributed by atoms with E-state index in [1.54, 1.807) is 0 Å². The lowest BCUT2D eigenvalue weighted by Crippen LogP contribution is -2.44. The lowest BCUT2D eigenvalue weighted by molar-refractivity contribution is -0.121. The number of hydrogen-bond donors (Lipinski definition) is 1. The van der Waals surface area contributed by atoms with Crippen molar-refractivity contribution in [1.82, 2.24) is 10.2 Å². The summed E-state index contributed by atoms with van der Waals surface area (Å²) in [5.74, 6) is 0.744. The van der Waals surface area contributed by atoms with E-state index in [9.17, 15) is 13.2 Å². The first-order valence-corrected chi connectivity index (χ1v) is 11.6. The van der Waals surface area contributed by atoms with Crippen LogP contribution in [-0.4, -0.2) is 56.4 Å². The predicted molar refractivity (Wildman–Crippen MR) is 104 cm³/mol. The fourth-order valence-electron chi connectivity index (χ4n) is 4.08. The summed E-state index contributed by atoms with van der Waals surface area (Å²) in [5, 5.41) is 3.09. The zero-order valence-corrected chi connectivity index (χ0v) is 16.2. The molecule has 2 aliphatic heterocycles. The minimum absolute atomic E-state index is 0.0477. The molecule has 144 valence electrons. The third-order valence-electron chi connectivity index (χ3n) is 5.61. The highest BCUT2D eigenvalue weighted by Gasteiger charge is 2.28. The Hall–Kier alpha value is -1.40. The maximum absolute atomic E-state index is 12.3. The first-order valence-electron chi connectivity index (χ1n) is 9.77. The largest absolute Gasteiger partial charge is 0.355 e. The maximum Gasteiger partial charge on any atom is 0.220 e. The molecule has 0 radical (unpaired) electrons. The molecule has 1 amide bonds. The van der Waals surface area contributed by atoms with E-state index in [4.69, 9.17) is 0 Å². The van der Waals surface area contributed by atoms with Crippen LogP contribution in [0.15, 0.2) is 30.3 Å². The second kappa shape index (κ2) is 9.00. The second-order valence-corrected chi connectivity index (χ2v) is 9.93. The zero-order chi connectivity index (χ0) is 18.4. The van der Waals surface area contributed by atoms with Crippen LogP contribution in [0.2, 0.25) is 0 Å². The van der Waals surface area contributed by atoms with E-state index in [2.05, 4.69) is 34.5 Å². The van der Waals surface area contributed by atoms with Gasteiger partial charge >= 0.3 is 0 Å². The van der Waals surface area contributed by atoms with Crippen molar-refractivity contribution >= 4 is 15.7 Å². The van der Waals surface area contributed by atoms with Crippen LogP contribution in [0.1, 0.15) is 37.7 Å². The van der Waals surface area contributed by atoms with E-state index < -0.39 is 9.84 Å². The number of carbonyl (C=O) groups excluding carboxylic acids is 1. The Morgan fingerprint density at radius 3 is 2.58 bits per heavy atom. The molecule has 1 aromatic carbocycles. The molecule has 1 aromatic rings. The van der Waals surface area contributed by atoms with Crippen LogP contribution in [0, 0.1) is 5.92 Å². The summed E-state index contributed by atoms with van der Waals surface area (Å²) in [6.07, 6.45) is 5.23. The maximum atomic E-state index is 12.3. The highest BCUT2D eigenvalue weighted by atomic mass is 32.2. The number of hydrogen-bond acceptors (Lipinski definition) is 4. The van der Waals surface area contributed by atoms with Gasteiger partial charge in [0.05, 0.1) is 11.5 Å². The van der Waals surface area contributed by atoms with Crippen molar-refractivity contribution in [3.63, 3.8) is 0 Å². The van der Waals surface area contributed by atoms with Gasteiger partial charge in [0.1, 0.15) is 0 Å². The van der Waals surface area contributed by atoms with E-state index in [0.29, 0.717) is 31.8 Å². The Balaban J connectivity index is 1.46. The molecule has 0 bridgehead atoms. The third-order valence-corrected chi connectivity index (χ3v) is 7.45. The smallest absolute Gasteiger partial charge is 0.220 e. The Morgan fingerprint density at radius 2 is 1.92 bits per heavy atom. The van der Waals surface area contributed by atoms with Gasteiger partial charge in [-0.05, 0) is 56.7 Å². The van der Waals surface area contributed by atoms with Crippen molar-refractivity contribution in [2.24, 2.45) is 5.92 Å². The van der Waals surface area contributed by atoms with Crippen LogP contribution in [0.4, 0.5) is 0 Å². The van der Waals surface area contributed by atoms with Crippen molar-refractivity contribution in [3.8, 4) is 0 Å². The molecule has 2 unspecified atom stereocenters. The fraction of sp³-hybridized carbons (Fsp3) is 0.650. The van der Waals surface area contributed by atoms with E-state index in [1.165, 1.54) is 18.4 Å². The van der Waals surface area contributed by atoms with Gasteiger partial charge in [0.2, 0.25) is 5.91 Å². The Labute approximate surface area is 157 Å². The number of carbonyl (C=O) groups is 1. The predicted octanol–water partition coefficient (Wildman–Crippen LogP) is 2.02. The normalized spacial score (nSPS) is 23.8. The van der Waals surface area contributed by atoms with Gasteiger partial charge in [-0.3, -0.25) is 9.69 Å². The van der Waals surface area contributed by atoms with Crippen LogP contribution < -0.4 is 5.32 Å². The van der Waals surface area contributed by atoms with E-state index >= 15 is 0 Å². The Bertz CT molecular complexity index is 684. The molecule has 2 aliphatic rings. The number of amides is 1. The number of nitrogens with zero attached hydrogens (tertiary/aromatic N) is 1. The van der Waals surface area contributed by atoms with Crippen molar-refractivity contribution < 1.29 is 13.2 Å². The molecule has 2 atom stereocenters. The van der Waals surface area contributed by atoms with Gasteiger partial charge in [0.15, 0.2) is 9.84 Å². The SMILES string of the molecule is O=C(CCC1CCS(=O)(=O)C1)NCC(Cc1ccccc1)N1CCCC1. The van der Waals surface area contributed by atoms with Crippen LogP contribution >= 0.6 is 0 Å². The van der Waals surface area contributed by atoms with Crippen LogP contribution in [0.25, 0.3) is 0 Å². The average molecular weight is 379 g/mol. The average Bonchev–Trinajstić information content (AvgIpc) is 3.27. The molecule has 2 saturated heterocycles. The molecule has 0 spiro atoms. The summed E-state index contributed by atoms with van der Waals surface area (Å²) in [5.41, 5.74) is 1.30. The van der Waals surface area contributed by atoms with E-state index in [-0.39, 0.29) is 23.3 Å². The van der Waals surface area contributed by atoms with Crippen molar-refractivity contribution in [1.29, 1.82) is 0 Å². The van der Waals surface area contributed by atoms with Crippen LogP contribution in [0.3, 0.4) is 0 Å². The number of rotatable bonds is 8. The van der Waals surface area contributed by atoms with Gasteiger partial charge in [0.25, 0.3) is 0 Å². The van der Waals surface area contributed by atoms with Gasteiger partial charge in [-0.2, -0.15) is 0 Å². The van der Waals surface area contributed by atoms with Gasteiger partial charge in [-0.15, -0.1) is 0 Å². The minimum Gasteiger partial charge on any atom is -0.355 e. The van der Waals surface area contributed by atoms with Gasteiger partial charge in [0, 0.05) is 19.0 Å². The number of benzene rings is 1. The van der Waals surface area contributed by atoms with Crippen LogP contribution in [0.5, 0.6) is 0 Å². The number of nitrogens with one attached hydrogen (secondary N) is 1. The molecule has 6 heteroatoms. The minimum atomic E-state index is -2.85. The molecule has 0 aromatic heterocycles. The lowest BCUT2D eigenvalue weighted by Gasteiger charge is -2.28. The summed E-state index contributed by atoms with van der Waals surface area (Å²) >= 11 is 0. The summed E-state index contributed by atoms with van der Waals surface area (Å²) in [7, 11) is -2.85. The van der Waals surface area contributed by atoms with Crippen molar-refractivity contribution in [2.45, 2.75) is 44.6 Å². The molecule has 0 aliphatic carbocycles. The standard InChI is InChI=1S/C20H30N2O3S/c23-20(9-8-18-10-13-26(24,25)16-18)21-15-19(22-11-4-5-12-22)14-17-6-2-1-3-7-17/h1-3,6-7,18-19H,4-5,8-16H2,(H,21,23). The van der Waals surface area contributed by atoms with Gasteiger partial charge in [-0.25, -0.2) is 8.42 Å². The molecule has 26 heavy (non-hydrogen) atoms. The fourth-order valence-corrected chi connectivity index (χ4v) is 5.99. The number of sulfone groups is 1. The van der Waals surface area contributed by atoms with E-state index in [1.807, 2.05) is 6.07 Å². The van der Waals surface area contributed by atoms with Gasteiger partial charge in [-0.1, -0.05) is 30.3 Å². The van der Waals surface area contributed by atoms with Crippen LogP contribution in [-0.2, 0) is 21.1 Å². The monoisotopic (exact) mass is 378 g/mol. The topological polar surface area (TPSA) is 66.5 Å². The summed E-state index contributed by atoms with van der Waals surface area (Å²) in [4.78, 5) is 14.7. The zero-order valence-electron chi connectivity index (χ0n) is 15.4. The molecule has 1 N–H and O–H groups in total. The highest BCUT2D eigenvalue weighted by Crippen LogP contribution is 2.22. The Kier molecular flexibility index (Phi) is 6.70.